The van der Waals surface area contributed by atoms with E-state index in [1.807, 2.05) is 26.0 Å². The average Bonchev–Trinajstić information content (AvgIpc) is 2.64. The molecule has 108 valence electrons. The Morgan fingerprint density at radius 1 is 1.35 bits per heavy atom. The fourth-order valence-corrected chi connectivity index (χ4v) is 2.55. The molecule has 0 saturated heterocycles. The van der Waals surface area contributed by atoms with Gasteiger partial charge < -0.3 is 14.8 Å². The van der Waals surface area contributed by atoms with Crippen molar-refractivity contribution in [3.05, 3.63) is 22.2 Å². The average molecular weight is 339 g/mol. The van der Waals surface area contributed by atoms with E-state index < -0.39 is 0 Å². The maximum Gasteiger partial charge on any atom is 0.175 e. The summed E-state index contributed by atoms with van der Waals surface area (Å²) in [7, 11) is 0. The van der Waals surface area contributed by atoms with Crippen LogP contribution in [0.5, 0.6) is 11.5 Å². The van der Waals surface area contributed by atoms with Crippen molar-refractivity contribution in [3.63, 3.8) is 0 Å². The zero-order valence-electron chi connectivity index (χ0n) is 11.8. The molecule has 0 fully saturated rings. The summed E-state index contributed by atoms with van der Waals surface area (Å²) in [6.45, 7) is 6.54. The SMILES string of the molecule is CC(C)(C#N)CNCc1cc(Br)c2c(c1)OCCCO2. The van der Waals surface area contributed by atoms with Crippen LogP contribution in [0, 0.1) is 16.7 Å². The standard InChI is InChI=1S/C15H19BrN2O2/c1-15(2,9-17)10-18-8-11-6-12(16)14-13(7-11)19-4-3-5-20-14/h6-7,18H,3-5,8,10H2,1-2H3. The summed E-state index contributed by atoms with van der Waals surface area (Å²) < 4.78 is 12.3. The molecule has 5 heteroatoms. The van der Waals surface area contributed by atoms with Crippen LogP contribution in [0.2, 0.25) is 0 Å². The third kappa shape index (κ3) is 3.87. The third-order valence-electron chi connectivity index (χ3n) is 3.06. The number of benzene rings is 1. The van der Waals surface area contributed by atoms with Gasteiger partial charge >= 0.3 is 0 Å². The van der Waals surface area contributed by atoms with Gasteiger partial charge in [0.2, 0.25) is 0 Å². The van der Waals surface area contributed by atoms with Gasteiger partial charge in [0.25, 0.3) is 0 Å². The number of nitrogens with one attached hydrogen (secondary N) is 1. The van der Waals surface area contributed by atoms with Crippen LogP contribution in [0.15, 0.2) is 16.6 Å². The first-order valence-electron chi connectivity index (χ1n) is 6.72. The molecule has 1 N–H and O–H groups in total. The van der Waals surface area contributed by atoms with Gasteiger partial charge in [0.15, 0.2) is 11.5 Å². The van der Waals surface area contributed by atoms with E-state index >= 15 is 0 Å². The van der Waals surface area contributed by atoms with Crippen molar-refractivity contribution in [3.8, 4) is 17.6 Å². The van der Waals surface area contributed by atoms with E-state index in [1.165, 1.54) is 0 Å². The molecule has 20 heavy (non-hydrogen) atoms. The third-order valence-corrected chi connectivity index (χ3v) is 3.65. The quantitative estimate of drug-likeness (QED) is 0.915. The van der Waals surface area contributed by atoms with Crippen LogP contribution >= 0.6 is 15.9 Å². The minimum absolute atomic E-state index is 0.359. The van der Waals surface area contributed by atoms with E-state index in [4.69, 9.17) is 14.7 Å². The molecule has 1 aliphatic rings. The van der Waals surface area contributed by atoms with Crippen molar-refractivity contribution in [2.75, 3.05) is 19.8 Å². The maximum atomic E-state index is 8.99. The topological polar surface area (TPSA) is 54.3 Å². The predicted molar refractivity (Wildman–Crippen MR) is 80.8 cm³/mol. The summed E-state index contributed by atoms with van der Waals surface area (Å²) in [6.07, 6.45) is 0.894. The molecular formula is C15H19BrN2O2. The first kappa shape index (κ1) is 15.1. The molecule has 0 atom stereocenters. The Balaban J connectivity index is 2.05. The summed E-state index contributed by atoms with van der Waals surface area (Å²) in [5, 5.41) is 12.3. The Morgan fingerprint density at radius 3 is 2.85 bits per heavy atom. The van der Waals surface area contributed by atoms with Gasteiger partial charge in [-0.3, -0.25) is 0 Å². The van der Waals surface area contributed by atoms with E-state index in [2.05, 4.69) is 27.3 Å². The highest BCUT2D eigenvalue weighted by molar-refractivity contribution is 9.10. The molecule has 0 unspecified atom stereocenters. The molecular weight excluding hydrogens is 320 g/mol. The van der Waals surface area contributed by atoms with Gasteiger partial charge in [0.1, 0.15) is 0 Å². The number of nitrogens with zero attached hydrogens (tertiary/aromatic N) is 1. The second kappa shape index (κ2) is 6.47. The van der Waals surface area contributed by atoms with Crippen LogP contribution < -0.4 is 14.8 Å². The van der Waals surface area contributed by atoms with Crippen LogP contribution in [0.25, 0.3) is 0 Å². The van der Waals surface area contributed by atoms with Crippen molar-refractivity contribution < 1.29 is 9.47 Å². The number of rotatable bonds is 4. The minimum Gasteiger partial charge on any atom is -0.490 e. The second-order valence-electron chi connectivity index (χ2n) is 5.55. The fourth-order valence-electron chi connectivity index (χ4n) is 1.95. The van der Waals surface area contributed by atoms with E-state index in [0.29, 0.717) is 26.3 Å². The Hall–Kier alpha value is -1.25. The smallest absolute Gasteiger partial charge is 0.175 e. The van der Waals surface area contributed by atoms with Crippen molar-refractivity contribution >= 4 is 15.9 Å². The highest BCUT2D eigenvalue weighted by Crippen LogP contribution is 2.38. The van der Waals surface area contributed by atoms with Gasteiger partial charge in [0.05, 0.1) is 29.2 Å². The van der Waals surface area contributed by atoms with E-state index in [1.54, 1.807) is 0 Å². The van der Waals surface area contributed by atoms with Crippen LogP contribution in [-0.2, 0) is 6.54 Å². The summed E-state index contributed by atoms with van der Waals surface area (Å²) in [6, 6.07) is 6.31. The minimum atomic E-state index is -0.359. The lowest BCUT2D eigenvalue weighted by Crippen LogP contribution is -2.27. The molecule has 0 amide bonds. The molecule has 1 heterocycles. The van der Waals surface area contributed by atoms with Gasteiger partial charge in [0, 0.05) is 19.5 Å². The number of halogens is 1. The lowest BCUT2D eigenvalue weighted by molar-refractivity contribution is 0.296. The highest BCUT2D eigenvalue weighted by Gasteiger charge is 2.17. The normalized spacial score (nSPS) is 14.5. The summed E-state index contributed by atoms with van der Waals surface area (Å²) in [4.78, 5) is 0. The molecule has 0 aliphatic carbocycles. The molecule has 1 aromatic rings. The predicted octanol–water partition coefficient (Wildman–Crippen LogP) is 3.25. The van der Waals surface area contributed by atoms with Gasteiger partial charge in [-0.05, 0) is 47.5 Å². The molecule has 4 nitrogen and oxygen atoms in total. The fraction of sp³-hybridized carbons (Fsp3) is 0.533. The number of ether oxygens (including phenoxy) is 2. The molecule has 0 spiro atoms. The van der Waals surface area contributed by atoms with Crippen LogP contribution in [0.1, 0.15) is 25.8 Å². The second-order valence-corrected chi connectivity index (χ2v) is 6.41. The Labute approximate surface area is 128 Å². The van der Waals surface area contributed by atoms with E-state index in [0.717, 1.165) is 28.0 Å². The van der Waals surface area contributed by atoms with Gasteiger partial charge in [-0.15, -0.1) is 0 Å². The summed E-state index contributed by atoms with van der Waals surface area (Å²) in [5.74, 6) is 1.57. The molecule has 2 rings (SSSR count). The summed E-state index contributed by atoms with van der Waals surface area (Å²) >= 11 is 3.53. The largest absolute Gasteiger partial charge is 0.490 e. The van der Waals surface area contributed by atoms with E-state index in [-0.39, 0.29) is 5.41 Å². The molecule has 1 aromatic carbocycles. The van der Waals surface area contributed by atoms with Crippen LogP contribution in [0.3, 0.4) is 0 Å². The van der Waals surface area contributed by atoms with Crippen molar-refractivity contribution in [1.29, 1.82) is 5.26 Å². The van der Waals surface area contributed by atoms with Gasteiger partial charge in [-0.2, -0.15) is 5.26 Å². The van der Waals surface area contributed by atoms with Gasteiger partial charge in [-0.25, -0.2) is 0 Å². The maximum absolute atomic E-state index is 8.99. The Kier molecular flexibility index (Phi) is 4.90. The molecule has 0 aromatic heterocycles. The Bertz CT molecular complexity index is 523. The van der Waals surface area contributed by atoms with Gasteiger partial charge in [-0.1, -0.05) is 0 Å². The highest BCUT2D eigenvalue weighted by atomic mass is 79.9. The first-order valence-corrected chi connectivity index (χ1v) is 7.51. The molecule has 0 radical (unpaired) electrons. The van der Waals surface area contributed by atoms with Crippen molar-refractivity contribution in [2.24, 2.45) is 5.41 Å². The number of hydrogen-bond donors (Lipinski definition) is 1. The Morgan fingerprint density at radius 2 is 2.10 bits per heavy atom. The first-order chi connectivity index (χ1) is 9.52. The van der Waals surface area contributed by atoms with Crippen molar-refractivity contribution in [1.82, 2.24) is 5.32 Å². The van der Waals surface area contributed by atoms with E-state index in [9.17, 15) is 0 Å². The summed E-state index contributed by atoms with van der Waals surface area (Å²) in [5.41, 5.74) is 0.748. The van der Waals surface area contributed by atoms with Crippen LogP contribution in [-0.4, -0.2) is 19.8 Å². The number of hydrogen-bond acceptors (Lipinski definition) is 4. The molecule has 1 aliphatic heterocycles. The monoisotopic (exact) mass is 338 g/mol. The van der Waals surface area contributed by atoms with Crippen molar-refractivity contribution in [2.45, 2.75) is 26.8 Å². The molecule has 0 saturated carbocycles. The zero-order valence-corrected chi connectivity index (χ0v) is 13.4. The number of nitriles is 1. The van der Waals surface area contributed by atoms with Crippen LogP contribution in [0.4, 0.5) is 0 Å². The zero-order chi connectivity index (χ0) is 14.6. The lowest BCUT2D eigenvalue weighted by atomic mass is 9.96. The molecule has 0 bridgehead atoms. The number of fused-ring (bicyclic) bond motifs is 1. The lowest BCUT2D eigenvalue weighted by Gasteiger charge is -2.17.